The maximum absolute atomic E-state index is 13.4. The number of nitrogens with zero attached hydrogens (tertiary/aromatic N) is 1. The number of rotatable bonds is 9. The van der Waals surface area contributed by atoms with Gasteiger partial charge in [-0.3, -0.25) is 14.5 Å². The Morgan fingerprint density at radius 3 is 1.79 bits per heavy atom. The highest BCUT2D eigenvalue weighted by Gasteiger charge is 2.55. The molecule has 0 aliphatic heterocycles. The molecule has 4 saturated carbocycles. The number of hydrogen-bond donors (Lipinski definition) is 2. The van der Waals surface area contributed by atoms with Gasteiger partial charge < -0.3 is 10.6 Å². The minimum absolute atomic E-state index is 0.0365. The van der Waals surface area contributed by atoms with Crippen molar-refractivity contribution in [1.82, 2.24) is 15.5 Å². The van der Waals surface area contributed by atoms with Crippen LogP contribution in [-0.4, -0.2) is 47.9 Å². The minimum atomic E-state index is -0.443. The normalized spacial score (nSPS) is 31.7. The van der Waals surface area contributed by atoms with Gasteiger partial charge in [0, 0.05) is 30.6 Å². The molecule has 0 aromatic heterocycles. The summed E-state index contributed by atoms with van der Waals surface area (Å²) in [4.78, 5) is 28.7. The minimum Gasteiger partial charge on any atom is -0.353 e. The fraction of sp³-hybridized carbons (Fsp3) is 0.917. The van der Waals surface area contributed by atoms with Gasteiger partial charge in [0.2, 0.25) is 11.8 Å². The Bertz CT molecular complexity index is 556. The first-order chi connectivity index (χ1) is 13.6. The second kappa shape index (κ2) is 8.95. The van der Waals surface area contributed by atoms with E-state index in [1.165, 1.54) is 19.3 Å². The molecule has 5 heteroatoms. The Kier molecular flexibility index (Phi) is 6.97. The summed E-state index contributed by atoms with van der Waals surface area (Å²) in [6.45, 7) is 14.2. The molecule has 5 nitrogen and oxygen atoms in total. The van der Waals surface area contributed by atoms with Crippen molar-refractivity contribution in [2.75, 3.05) is 13.1 Å². The average Bonchev–Trinajstić information content (AvgIpc) is 2.60. The van der Waals surface area contributed by atoms with Crippen LogP contribution in [0.2, 0.25) is 0 Å². The van der Waals surface area contributed by atoms with Crippen LogP contribution in [0.15, 0.2) is 0 Å². The fourth-order valence-corrected chi connectivity index (χ4v) is 6.75. The van der Waals surface area contributed by atoms with Crippen LogP contribution in [0.25, 0.3) is 0 Å². The zero-order valence-electron chi connectivity index (χ0n) is 19.5. The van der Waals surface area contributed by atoms with Gasteiger partial charge in [0.1, 0.15) is 6.04 Å². The van der Waals surface area contributed by atoms with Crippen molar-refractivity contribution in [3.8, 4) is 0 Å². The molecular weight excluding hydrogens is 362 g/mol. The predicted octanol–water partition coefficient (Wildman–Crippen LogP) is 3.58. The lowest BCUT2D eigenvalue weighted by molar-refractivity contribution is -0.149. The second-order valence-electron chi connectivity index (χ2n) is 11.1. The van der Waals surface area contributed by atoms with Crippen molar-refractivity contribution in [2.45, 2.75) is 98.2 Å². The van der Waals surface area contributed by atoms with Crippen molar-refractivity contribution in [1.29, 1.82) is 0 Å². The molecule has 1 atom stereocenters. The van der Waals surface area contributed by atoms with Crippen LogP contribution in [0.3, 0.4) is 0 Å². The van der Waals surface area contributed by atoms with Crippen LogP contribution in [0, 0.1) is 29.1 Å². The summed E-state index contributed by atoms with van der Waals surface area (Å²) >= 11 is 0. The lowest BCUT2D eigenvalue weighted by Gasteiger charge is -2.55. The molecule has 29 heavy (non-hydrogen) atoms. The van der Waals surface area contributed by atoms with Crippen molar-refractivity contribution >= 4 is 11.8 Å². The maximum Gasteiger partial charge on any atom is 0.242 e. The Labute approximate surface area is 177 Å². The highest BCUT2D eigenvalue weighted by molar-refractivity contribution is 5.90. The lowest BCUT2D eigenvalue weighted by Crippen LogP contribution is -2.58. The Morgan fingerprint density at radius 2 is 1.38 bits per heavy atom. The summed E-state index contributed by atoms with van der Waals surface area (Å²) in [5.74, 6) is 2.39. The SMILES string of the molecule is CC(C)C(NC(=O)C12CC3CC(CC(C3)C1)C2)C(=O)NCCN(C(C)C)C(C)C. The number of nitrogens with one attached hydrogen (secondary N) is 2. The quantitative estimate of drug-likeness (QED) is 0.616. The first-order valence-corrected chi connectivity index (χ1v) is 12.0. The van der Waals surface area contributed by atoms with E-state index in [1.54, 1.807) is 0 Å². The van der Waals surface area contributed by atoms with Crippen LogP contribution in [0.1, 0.15) is 80.1 Å². The summed E-state index contributed by atoms with van der Waals surface area (Å²) in [6, 6.07) is 0.453. The van der Waals surface area contributed by atoms with Crippen molar-refractivity contribution in [3.63, 3.8) is 0 Å². The molecule has 4 aliphatic rings. The molecule has 0 aromatic carbocycles. The standard InChI is InChI=1S/C24H43N3O2/c1-15(2)21(22(28)25-7-8-27(16(3)4)17(5)6)26-23(29)24-12-18-9-19(13-24)11-20(10-18)14-24/h15-21H,7-14H2,1-6H3,(H,25,28)(H,26,29). The molecule has 0 aromatic rings. The molecule has 166 valence electrons. The molecule has 4 rings (SSSR count). The van der Waals surface area contributed by atoms with Gasteiger partial charge >= 0.3 is 0 Å². The predicted molar refractivity (Wildman–Crippen MR) is 117 cm³/mol. The summed E-state index contributed by atoms with van der Waals surface area (Å²) in [5.41, 5.74) is -0.200. The fourth-order valence-electron chi connectivity index (χ4n) is 6.75. The van der Waals surface area contributed by atoms with Crippen molar-refractivity contribution in [2.24, 2.45) is 29.1 Å². The third-order valence-electron chi connectivity index (χ3n) is 7.75. The van der Waals surface area contributed by atoms with E-state index in [0.717, 1.165) is 43.6 Å². The van der Waals surface area contributed by atoms with Crippen LogP contribution in [0.4, 0.5) is 0 Å². The molecule has 1 unspecified atom stereocenters. The van der Waals surface area contributed by atoms with Crippen LogP contribution < -0.4 is 10.6 Å². The van der Waals surface area contributed by atoms with Gasteiger partial charge in [0.15, 0.2) is 0 Å². The first kappa shape index (κ1) is 22.6. The highest BCUT2D eigenvalue weighted by Crippen LogP contribution is 2.60. The maximum atomic E-state index is 13.4. The summed E-state index contributed by atoms with van der Waals surface area (Å²) < 4.78 is 0. The van der Waals surface area contributed by atoms with Crippen LogP contribution >= 0.6 is 0 Å². The smallest absolute Gasteiger partial charge is 0.242 e. The number of carbonyl (C=O) groups excluding carboxylic acids is 2. The average molecular weight is 406 g/mol. The molecule has 0 spiro atoms. The summed E-state index contributed by atoms with van der Waals surface area (Å²) in [7, 11) is 0. The second-order valence-corrected chi connectivity index (χ2v) is 11.1. The largest absolute Gasteiger partial charge is 0.353 e. The molecule has 2 amide bonds. The monoisotopic (exact) mass is 405 g/mol. The van der Waals surface area contributed by atoms with E-state index in [-0.39, 0.29) is 23.1 Å². The third-order valence-corrected chi connectivity index (χ3v) is 7.75. The van der Waals surface area contributed by atoms with Gasteiger partial charge in [0.25, 0.3) is 0 Å². The topological polar surface area (TPSA) is 61.4 Å². The highest BCUT2D eigenvalue weighted by atomic mass is 16.2. The lowest BCUT2D eigenvalue weighted by atomic mass is 9.49. The molecule has 4 fully saturated rings. The van der Waals surface area contributed by atoms with Crippen molar-refractivity contribution in [3.05, 3.63) is 0 Å². The Balaban J connectivity index is 1.57. The van der Waals surface area contributed by atoms with E-state index < -0.39 is 6.04 Å². The van der Waals surface area contributed by atoms with Crippen molar-refractivity contribution < 1.29 is 9.59 Å². The first-order valence-electron chi connectivity index (χ1n) is 12.0. The van der Waals surface area contributed by atoms with E-state index in [1.807, 2.05) is 13.8 Å². The van der Waals surface area contributed by atoms with E-state index in [2.05, 4.69) is 43.2 Å². The van der Waals surface area contributed by atoms with Crippen LogP contribution in [0.5, 0.6) is 0 Å². The van der Waals surface area contributed by atoms with Gasteiger partial charge in [0.05, 0.1) is 0 Å². The zero-order valence-corrected chi connectivity index (χ0v) is 19.5. The third kappa shape index (κ3) is 4.98. The van der Waals surface area contributed by atoms with Gasteiger partial charge in [-0.05, 0) is 89.9 Å². The molecule has 4 bridgehead atoms. The van der Waals surface area contributed by atoms with Crippen LogP contribution in [-0.2, 0) is 9.59 Å². The van der Waals surface area contributed by atoms with E-state index in [0.29, 0.717) is 18.6 Å². The van der Waals surface area contributed by atoms with Gasteiger partial charge in [-0.1, -0.05) is 13.8 Å². The van der Waals surface area contributed by atoms with E-state index in [9.17, 15) is 9.59 Å². The molecule has 2 N–H and O–H groups in total. The molecule has 0 radical (unpaired) electrons. The zero-order chi connectivity index (χ0) is 21.3. The Morgan fingerprint density at radius 1 is 0.897 bits per heavy atom. The molecule has 0 saturated heterocycles. The Hall–Kier alpha value is -1.10. The van der Waals surface area contributed by atoms with Gasteiger partial charge in [-0.2, -0.15) is 0 Å². The number of hydrogen-bond acceptors (Lipinski definition) is 3. The van der Waals surface area contributed by atoms with Gasteiger partial charge in [-0.25, -0.2) is 0 Å². The molecule has 4 aliphatic carbocycles. The molecular formula is C24H43N3O2. The number of amides is 2. The van der Waals surface area contributed by atoms with Gasteiger partial charge in [-0.15, -0.1) is 0 Å². The molecule has 0 heterocycles. The summed E-state index contributed by atoms with van der Waals surface area (Å²) in [6.07, 6.45) is 7.08. The summed E-state index contributed by atoms with van der Waals surface area (Å²) in [5, 5.41) is 6.28. The van der Waals surface area contributed by atoms with E-state index in [4.69, 9.17) is 0 Å². The number of carbonyl (C=O) groups is 2. The van der Waals surface area contributed by atoms with E-state index >= 15 is 0 Å².